The van der Waals surface area contributed by atoms with Crippen molar-refractivity contribution in [2.45, 2.75) is 0 Å². The van der Waals surface area contributed by atoms with Crippen LogP contribution in [0.25, 0.3) is 5.46 Å². The van der Waals surface area contributed by atoms with Gasteiger partial charge in [-0.05, 0) is 6.20 Å². The number of aromatic nitrogens is 1. The van der Waals surface area contributed by atoms with Gasteiger partial charge in [0.15, 0.2) is 0 Å². The van der Waals surface area contributed by atoms with Crippen LogP contribution in [-0.2, 0) is 0 Å². The predicted molar refractivity (Wildman–Crippen MR) is 51.5 cm³/mol. The number of rotatable bonds is 1. The number of hydrogen-bond donors (Lipinski definition) is 0. The Morgan fingerprint density at radius 2 is 1.75 bits per heavy atom. The van der Waals surface area contributed by atoms with Crippen LogP contribution in [0.1, 0.15) is 0 Å². The summed E-state index contributed by atoms with van der Waals surface area (Å²) in [4.78, 5) is 4.33. The van der Waals surface area contributed by atoms with Crippen molar-refractivity contribution < 1.29 is 0 Å². The average molecular weight is 154 g/mol. The fourth-order valence-corrected chi connectivity index (χ4v) is 1.26. The summed E-state index contributed by atoms with van der Waals surface area (Å²) in [5, 5.41) is 0. The van der Waals surface area contributed by atoms with E-state index in [0.29, 0.717) is 0 Å². The van der Waals surface area contributed by atoms with Crippen molar-refractivity contribution in [2.75, 3.05) is 0 Å². The fraction of sp³-hybridized carbons (Fsp3) is 0. The summed E-state index contributed by atoms with van der Waals surface area (Å²) < 4.78 is 0. The van der Waals surface area contributed by atoms with Crippen LogP contribution in [0.3, 0.4) is 0 Å². The van der Waals surface area contributed by atoms with Crippen LogP contribution in [0.15, 0.2) is 54.6 Å². The standard InChI is InChI=1S/C10H9BN/c1-2-6-10(7-3-1)11-8-4-5-9-12-11/h1-9H/q-1. The highest BCUT2D eigenvalue weighted by atomic mass is 14.5. The molecule has 12 heavy (non-hydrogen) atoms. The summed E-state index contributed by atoms with van der Waals surface area (Å²) in [5.74, 6) is 2.09. The molecule has 58 valence electrons. The van der Waals surface area contributed by atoms with Crippen LogP contribution < -0.4 is 0 Å². The molecule has 0 saturated heterocycles. The molecule has 0 aliphatic rings. The average Bonchev–Trinajstić information content (AvgIpc) is 2.21. The van der Waals surface area contributed by atoms with Crippen molar-refractivity contribution in [3.05, 3.63) is 54.6 Å². The molecule has 2 heteroatoms. The third-order valence-electron chi connectivity index (χ3n) is 1.88. The van der Waals surface area contributed by atoms with Gasteiger partial charge in [-0.25, -0.2) is 11.4 Å². The zero-order chi connectivity index (χ0) is 8.23. The molecule has 1 nitrogen and oxygen atoms in total. The van der Waals surface area contributed by atoms with Gasteiger partial charge >= 0.3 is 0 Å². The van der Waals surface area contributed by atoms with Crippen LogP contribution in [0.4, 0.5) is 0 Å². The molecule has 1 aromatic carbocycles. The van der Waals surface area contributed by atoms with Crippen molar-refractivity contribution in [1.82, 2.24) is 4.89 Å². The maximum atomic E-state index is 4.33. The second-order valence-electron chi connectivity index (χ2n) is 2.73. The van der Waals surface area contributed by atoms with Crippen molar-refractivity contribution in [2.24, 2.45) is 0 Å². The lowest BCUT2D eigenvalue weighted by Gasteiger charge is -2.09. The Labute approximate surface area is 72.2 Å². The largest absolute Gasteiger partial charge is 0.519 e. The Bertz CT molecular complexity index is 307. The summed E-state index contributed by atoms with van der Waals surface area (Å²) in [6.07, 6.45) is 1.84. The minimum absolute atomic E-state index is 0.219. The molecular weight excluding hydrogens is 145 g/mol. The molecule has 0 bridgehead atoms. The first-order valence-corrected chi connectivity index (χ1v) is 4.05. The molecule has 0 saturated carbocycles. The van der Waals surface area contributed by atoms with Crippen molar-refractivity contribution in [3.63, 3.8) is 0 Å². The van der Waals surface area contributed by atoms with Gasteiger partial charge < -0.3 is 4.89 Å². The van der Waals surface area contributed by atoms with Gasteiger partial charge in [0, 0.05) is 6.49 Å². The van der Waals surface area contributed by atoms with E-state index in [1.165, 1.54) is 5.46 Å². The first kappa shape index (κ1) is 7.23. The van der Waals surface area contributed by atoms with Gasteiger partial charge in [-0.15, -0.1) is 6.07 Å². The molecule has 2 aromatic rings. The van der Waals surface area contributed by atoms with E-state index in [1.807, 2.05) is 36.5 Å². The molecule has 0 aliphatic carbocycles. The molecule has 1 heterocycles. The Balaban J connectivity index is 2.46. The van der Waals surface area contributed by atoms with Crippen LogP contribution in [0, 0.1) is 0 Å². The van der Waals surface area contributed by atoms with Gasteiger partial charge in [-0.2, -0.15) is 0 Å². The molecular formula is C10H9BN-. The number of benzene rings is 1. The summed E-state index contributed by atoms with van der Waals surface area (Å²) >= 11 is 0. The normalized spacial score (nSPS) is 9.67. The second kappa shape index (κ2) is 3.31. The van der Waals surface area contributed by atoms with E-state index >= 15 is 0 Å². The highest BCUT2D eigenvalue weighted by Crippen LogP contribution is 2.01. The Hall–Kier alpha value is -1.44. The first-order valence-electron chi connectivity index (χ1n) is 4.05. The van der Waals surface area contributed by atoms with Crippen LogP contribution >= 0.6 is 0 Å². The van der Waals surface area contributed by atoms with E-state index < -0.39 is 0 Å². The second-order valence-corrected chi connectivity index (χ2v) is 2.73. The zero-order valence-electron chi connectivity index (χ0n) is 6.72. The number of hydrogen-bond acceptors (Lipinski definition) is 1. The highest BCUT2D eigenvalue weighted by Gasteiger charge is 1.82. The maximum absolute atomic E-state index is 4.33. The van der Waals surface area contributed by atoms with Gasteiger partial charge in [0.2, 0.25) is 0 Å². The lowest BCUT2D eigenvalue weighted by atomic mass is 9.69. The summed E-state index contributed by atoms with van der Waals surface area (Å²) in [6, 6.07) is 14.3. The Morgan fingerprint density at radius 3 is 2.42 bits per heavy atom. The quantitative estimate of drug-likeness (QED) is 0.612. The smallest absolute Gasteiger partial charge is 0.00617 e. The molecule has 0 amide bonds. The van der Waals surface area contributed by atoms with Crippen molar-refractivity contribution >= 4 is 6.49 Å². The minimum Gasteiger partial charge on any atom is -0.519 e. The molecule has 2 rings (SSSR count). The number of nitrogens with zero attached hydrogens (tertiary/aromatic N) is 1. The third kappa shape index (κ3) is 1.42. The van der Waals surface area contributed by atoms with Gasteiger partial charge in [0.25, 0.3) is 0 Å². The summed E-state index contributed by atoms with van der Waals surface area (Å²) in [5.41, 5.74) is 1.25. The molecule has 0 fully saturated rings. The lowest BCUT2D eigenvalue weighted by Crippen LogP contribution is -1.99. The minimum atomic E-state index is 0.219. The Kier molecular flexibility index (Phi) is 1.99. The van der Waals surface area contributed by atoms with E-state index in [4.69, 9.17) is 0 Å². The predicted octanol–water partition coefficient (Wildman–Crippen LogP) is 2.10. The van der Waals surface area contributed by atoms with Crippen molar-refractivity contribution in [3.8, 4) is 5.46 Å². The van der Waals surface area contributed by atoms with E-state index in [0.717, 1.165) is 0 Å². The molecule has 1 aromatic heterocycles. The highest BCUT2D eigenvalue weighted by molar-refractivity contribution is 6.59. The topological polar surface area (TPSA) is 12.9 Å². The zero-order valence-corrected chi connectivity index (χ0v) is 6.72. The molecule has 0 unspecified atom stereocenters. The fourth-order valence-electron chi connectivity index (χ4n) is 1.26. The molecule has 0 aliphatic heterocycles. The summed E-state index contributed by atoms with van der Waals surface area (Å²) in [7, 11) is 0. The Morgan fingerprint density at radius 1 is 0.917 bits per heavy atom. The van der Waals surface area contributed by atoms with Gasteiger partial charge in [-0.3, -0.25) is 0 Å². The van der Waals surface area contributed by atoms with E-state index in [-0.39, 0.29) is 6.49 Å². The van der Waals surface area contributed by atoms with Gasteiger partial charge in [0.1, 0.15) is 0 Å². The molecule has 0 spiro atoms. The molecule has 0 N–H and O–H groups in total. The monoisotopic (exact) mass is 154 g/mol. The molecule has 0 atom stereocenters. The van der Waals surface area contributed by atoms with E-state index in [9.17, 15) is 0 Å². The van der Waals surface area contributed by atoms with Crippen molar-refractivity contribution in [1.29, 1.82) is 0 Å². The molecule has 0 radical (unpaired) electrons. The van der Waals surface area contributed by atoms with Gasteiger partial charge in [0.05, 0.1) is 0 Å². The summed E-state index contributed by atoms with van der Waals surface area (Å²) in [6.45, 7) is 0.219. The van der Waals surface area contributed by atoms with E-state index in [2.05, 4.69) is 23.0 Å². The van der Waals surface area contributed by atoms with Crippen LogP contribution in [0.5, 0.6) is 0 Å². The first-order chi connectivity index (χ1) is 5.97. The van der Waals surface area contributed by atoms with Crippen LogP contribution in [0.2, 0.25) is 0 Å². The maximum Gasteiger partial charge on any atom is 0.00617 e. The van der Waals surface area contributed by atoms with E-state index in [1.54, 1.807) is 0 Å². The van der Waals surface area contributed by atoms with Crippen LogP contribution in [-0.4, -0.2) is 11.4 Å². The lowest BCUT2D eigenvalue weighted by molar-refractivity contribution is 1.48. The van der Waals surface area contributed by atoms with Gasteiger partial charge in [-0.1, -0.05) is 36.4 Å². The third-order valence-corrected chi connectivity index (χ3v) is 1.88. The SMILES string of the molecule is c1ccc(-[b-]2ccccn2)cc1.